The molecule has 0 bridgehead atoms. The number of aryl methyl sites for hydroxylation is 2. The summed E-state index contributed by atoms with van der Waals surface area (Å²) in [7, 11) is -3.64. The molecular formula is C20H24FN3O4S. The molecule has 1 fully saturated rings. The molecule has 3 rings (SSSR count). The molecule has 1 amide bonds. The number of hydrogen-bond acceptors (Lipinski definition) is 5. The van der Waals surface area contributed by atoms with E-state index in [0.717, 1.165) is 0 Å². The van der Waals surface area contributed by atoms with Crippen LogP contribution in [0.4, 0.5) is 15.8 Å². The smallest absolute Gasteiger partial charge is 0.243 e. The fourth-order valence-corrected chi connectivity index (χ4v) is 4.63. The number of ether oxygens (including phenoxy) is 1. The molecule has 156 valence electrons. The number of sulfonamides is 1. The molecule has 0 unspecified atom stereocenters. The van der Waals surface area contributed by atoms with Crippen molar-refractivity contribution in [3.8, 4) is 0 Å². The zero-order valence-corrected chi connectivity index (χ0v) is 17.2. The first-order chi connectivity index (χ1) is 13.8. The predicted molar refractivity (Wildman–Crippen MR) is 109 cm³/mol. The van der Waals surface area contributed by atoms with E-state index in [1.807, 2.05) is 0 Å². The zero-order chi connectivity index (χ0) is 21.0. The second kappa shape index (κ2) is 8.89. The van der Waals surface area contributed by atoms with E-state index in [1.165, 1.54) is 16.4 Å². The van der Waals surface area contributed by atoms with Crippen molar-refractivity contribution in [1.29, 1.82) is 0 Å². The standard InChI is InChI=1S/C20H24FN3O4S/c1-14-3-6-17(11-18(14)21)23-20(25)13-22-16-5-4-15(2)19(12-16)29(26,27)24-7-9-28-10-8-24/h3-6,11-12,22H,7-10,13H2,1-2H3,(H,23,25). The molecule has 0 saturated carbocycles. The lowest BCUT2D eigenvalue weighted by atomic mass is 10.2. The first kappa shape index (κ1) is 21.2. The molecule has 9 heteroatoms. The highest BCUT2D eigenvalue weighted by molar-refractivity contribution is 7.89. The summed E-state index contributed by atoms with van der Waals surface area (Å²) in [6.45, 7) is 4.66. The SMILES string of the molecule is Cc1ccc(NC(=O)CNc2ccc(C)c(S(=O)(=O)N3CCOCC3)c2)cc1F. The maximum atomic E-state index is 13.6. The summed E-state index contributed by atoms with van der Waals surface area (Å²) in [6.07, 6.45) is 0. The Kier molecular flexibility index (Phi) is 6.51. The van der Waals surface area contributed by atoms with Crippen LogP contribution in [0.3, 0.4) is 0 Å². The van der Waals surface area contributed by atoms with Gasteiger partial charge in [-0.25, -0.2) is 12.8 Å². The first-order valence-electron chi connectivity index (χ1n) is 9.26. The number of benzene rings is 2. The summed E-state index contributed by atoms with van der Waals surface area (Å²) in [5.74, 6) is -0.765. The average molecular weight is 421 g/mol. The van der Waals surface area contributed by atoms with Crippen LogP contribution in [0.25, 0.3) is 0 Å². The van der Waals surface area contributed by atoms with Crippen molar-refractivity contribution in [2.45, 2.75) is 18.7 Å². The molecule has 0 atom stereocenters. The first-order valence-corrected chi connectivity index (χ1v) is 10.7. The largest absolute Gasteiger partial charge is 0.379 e. The van der Waals surface area contributed by atoms with Gasteiger partial charge in [0, 0.05) is 24.5 Å². The maximum Gasteiger partial charge on any atom is 0.243 e. The Balaban J connectivity index is 1.67. The molecule has 7 nitrogen and oxygen atoms in total. The third-order valence-electron chi connectivity index (χ3n) is 4.68. The highest BCUT2D eigenvalue weighted by Gasteiger charge is 2.27. The number of halogens is 1. The van der Waals surface area contributed by atoms with Crippen molar-refractivity contribution in [1.82, 2.24) is 4.31 Å². The van der Waals surface area contributed by atoms with E-state index in [0.29, 0.717) is 48.8 Å². The summed E-state index contributed by atoms with van der Waals surface area (Å²) in [6, 6.07) is 9.40. The van der Waals surface area contributed by atoms with Gasteiger partial charge in [-0.3, -0.25) is 4.79 Å². The summed E-state index contributed by atoms with van der Waals surface area (Å²) in [4.78, 5) is 12.3. The number of rotatable bonds is 6. The molecule has 0 spiro atoms. The van der Waals surface area contributed by atoms with Crippen molar-refractivity contribution in [3.05, 3.63) is 53.3 Å². The van der Waals surface area contributed by atoms with Crippen molar-refractivity contribution >= 4 is 27.3 Å². The van der Waals surface area contributed by atoms with Gasteiger partial charge in [0.25, 0.3) is 0 Å². The number of nitrogens with zero attached hydrogens (tertiary/aromatic N) is 1. The van der Waals surface area contributed by atoms with Crippen LogP contribution in [0.15, 0.2) is 41.3 Å². The summed E-state index contributed by atoms with van der Waals surface area (Å²) in [5, 5.41) is 5.53. The minimum atomic E-state index is -3.64. The van der Waals surface area contributed by atoms with Crippen LogP contribution in [-0.2, 0) is 19.6 Å². The molecular weight excluding hydrogens is 397 g/mol. The van der Waals surface area contributed by atoms with Gasteiger partial charge in [0.15, 0.2) is 0 Å². The lowest BCUT2D eigenvalue weighted by molar-refractivity contribution is -0.114. The fourth-order valence-electron chi connectivity index (χ4n) is 2.97. The van der Waals surface area contributed by atoms with Gasteiger partial charge in [0.1, 0.15) is 5.82 Å². The number of carbonyl (C=O) groups is 1. The van der Waals surface area contributed by atoms with Crippen LogP contribution < -0.4 is 10.6 Å². The highest BCUT2D eigenvalue weighted by Crippen LogP contribution is 2.24. The molecule has 0 aromatic heterocycles. The molecule has 2 aromatic carbocycles. The Morgan fingerprint density at radius 1 is 1.07 bits per heavy atom. The third kappa shape index (κ3) is 5.11. The second-order valence-corrected chi connectivity index (χ2v) is 8.77. The number of amides is 1. The molecule has 1 saturated heterocycles. The molecule has 2 aromatic rings. The number of nitrogens with one attached hydrogen (secondary N) is 2. The van der Waals surface area contributed by atoms with Crippen molar-refractivity contribution in [2.75, 3.05) is 43.5 Å². The van der Waals surface area contributed by atoms with Gasteiger partial charge < -0.3 is 15.4 Å². The molecule has 1 aliphatic heterocycles. The monoisotopic (exact) mass is 421 g/mol. The minimum Gasteiger partial charge on any atom is -0.379 e. The Bertz CT molecular complexity index is 1000. The van der Waals surface area contributed by atoms with Crippen LogP contribution >= 0.6 is 0 Å². The zero-order valence-electron chi connectivity index (χ0n) is 16.4. The van der Waals surface area contributed by atoms with Crippen molar-refractivity contribution in [3.63, 3.8) is 0 Å². The minimum absolute atomic E-state index is 0.0877. The van der Waals surface area contributed by atoms with Crippen LogP contribution in [-0.4, -0.2) is 51.5 Å². The number of anilines is 2. The maximum absolute atomic E-state index is 13.6. The van der Waals surface area contributed by atoms with Crippen LogP contribution in [0.1, 0.15) is 11.1 Å². The summed E-state index contributed by atoms with van der Waals surface area (Å²) >= 11 is 0. The van der Waals surface area contributed by atoms with E-state index in [-0.39, 0.29) is 17.3 Å². The summed E-state index contributed by atoms with van der Waals surface area (Å²) in [5.41, 5.74) is 1.99. The quantitative estimate of drug-likeness (QED) is 0.748. The van der Waals surface area contributed by atoms with E-state index in [9.17, 15) is 17.6 Å². The molecule has 29 heavy (non-hydrogen) atoms. The van der Waals surface area contributed by atoms with Crippen LogP contribution in [0.2, 0.25) is 0 Å². The van der Waals surface area contributed by atoms with Gasteiger partial charge in [-0.1, -0.05) is 12.1 Å². The van der Waals surface area contributed by atoms with Crippen molar-refractivity contribution in [2.24, 2.45) is 0 Å². The van der Waals surface area contributed by atoms with Gasteiger partial charge in [-0.05, 0) is 49.2 Å². The van der Waals surface area contributed by atoms with E-state index in [4.69, 9.17) is 4.74 Å². The van der Waals surface area contributed by atoms with Gasteiger partial charge in [0.2, 0.25) is 15.9 Å². The third-order valence-corrected chi connectivity index (χ3v) is 6.73. The Morgan fingerprint density at radius 2 is 1.72 bits per heavy atom. The van der Waals surface area contributed by atoms with Crippen LogP contribution in [0.5, 0.6) is 0 Å². The highest BCUT2D eigenvalue weighted by atomic mass is 32.2. The number of hydrogen-bond donors (Lipinski definition) is 2. The lowest BCUT2D eigenvalue weighted by Gasteiger charge is -2.27. The predicted octanol–water partition coefficient (Wildman–Crippen LogP) is 2.51. The number of morpholine rings is 1. The molecule has 1 heterocycles. The number of carbonyl (C=O) groups excluding carboxylic acids is 1. The average Bonchev–Trinajstić information content (AvgIpc) is 2.70. The van der Waals surface area contributed by atoms with Gasteiger partial charge >= 0.3 is 0 Å². The molecule has 2 N–H and O–H groups in total. The Labute approximate surface area is 169 Å². The Hall–Kier alpha value is -2.49. The van der Waals surface area contributed by atoms with E-state index < -0.39 is 15.8 Å². The second-order valence-electron chi connectivity index (χ2n) is 6.86. The molecule has 0 radical (unpaired) electrons. The molecule has 1 aliphatic rings. The fraction of sp³-hybridized carbons (Fsp3) is 0.350. The topological polar surface area (TPSA) is 87.7 Å². The molecule has 0 aliphatic carbocycles. The Morgan fingerprint density at radius 3 is 2.41 bits per heavy atom. The van der Waals surface area contributed by atoms with E-state index in [2.05, 4.69) is 10.6 Å². The van der Waals surface area contributed by atoms with Gasteiger partial charge in [-0.15, -0.1) is 0 Å². The van der Waals surface area contributed by atoms with E-state index in [1.54, 1.807) is 38.1 Å². The van der Waals surface area contributed by atoms with Crippen LogP contribution in [0, 0.1) is 19.7 Å². The lowest BCUT2D eigenvalue weighted by Crippen LogP contribution is -2.40. The van der Waals surface area contributed by atoms with E-state index >= 15 is 0 Å². The summed E-state index contributed by atoms with van der Waals surface area (Å²) < 4.78 is 46.1. The normalized spacial score (nSPS) is 15.1. The van der Waals surface area contributed by atoms with Crippen molar-refractivity contribution < 1.29 is 22.3 Å². The van der Waals surface area contributed by atoms with Gasteiger partial charge in [0.05, 0.1) is 24.7 Å². The van der Waals surface area contributed by atoms with Gasteiger partial charge in [-0.2, -0.15) is 4.31 Å².